The molecule has 0 rings (SSSR count). The third-order valence-electron chi connectivity index (χ3n) is 11.2. The molecule has 0 aromatic rings. The summed E-state index contributed by atoms with van der Waals surface area (Å²) in [7, 11) is 0. The Morgan fingerprint density at radius 3 is 1.12 bits per heavy atom. The highest BCUT2D eigenvalue weighted by atomic mass is 16.6. The molecule has 0 aliphatic heterocycles. The summed E-state index contributed by atoms with van der Waals surface area (Å²) in [5.41, 5.74) is 0. The normalized spacial score (nSPS) is 13.3. The molecule has 1 unspecified atom stereocenters. The Morgan fingerprint density at radius 1 is 0.338 bits per heavy atom. The lowest BCUT2D eigenvalue weighted by molar-refractivity contribution is -0.162. The Labute approximate surface area is 419 Å². The Kier molecular flexibility index (Phi) is 54.0. The zero-order valence-corrected chi connectivity index (χ0v) is 44.1. The molecule has 0 saturated heterocycles. The summed E-state index contributed by atoms with van der Waals surface area (Å²) in [4.78, 5) is 25.4. The molecule has 0 aliphatic rings. The van der Waals surface area contributed by atoms with Crippen LogP contribution in [0.15, 0.2) is 134 Å². The van der Waals surface area contributed by atoms with Crippen LogP contribution in [0.5, 0.6) is 0 Å². The number of ether oxygens (including phenoxy) is 3. The second-order valence-corrected chi connectivity index (χ2v) is 17.7. The quantitative estimate of drug-likeness (QED) is 0.0345. The zero-order chi connectivity index (χ0) is 49.2. The topological polar surface area (TPSA) is 61.8 Å². The molecule has 0 aromatic carbocycles. The molecule has 5 nitrogen and oxygen atoms in total. The molecule has 68 heavy (non-hydrogen) atoms. The minimum atomic E-state index is -0.600. The van der Waals surface area contributed by atoms with Crippen molar-refractivity contribution in [1.29, 1.82) is 0 Å². The van der Waals surface area contributed by atoms with Crippen LogP contribution in [0.3, 0.4) is 0 Å². The molecule has 384 valence electrons. The second-order valence-electron chi connectivity index (χ2n) is 17.7. The van der Waals surface area contributed by atoms with E-state index in [1.165, 1.54) is 70.6 Å². The fourth-order valence-corrected chi connectivity index (χ4v) is 7.11. The molecule has 0 fully saturated rings. The summed E-state index contributed by atoms with van der Waals surface area (Å²) < 4.78 is 17.3. The van der Waals surface area contributed by atoms with E-state index in [1.807, 2.05) is 6.08 Å². The summed E-state index contributed by atoms with van der Waals surface area (Å²) in [6.45, 7) is 7.42. The third-order valence-corrected chi connectivity index (χ3v) is 11.2. The predicted octanol–water partition coefficient (Wildman–Crippen LogP) is 19.1. The number of hydrogen-bond donors (Lipinski definition) is 0. The molecule has 1 atom stereocenters. The van der Waals surface area contributed by atoms with Gasteiger partial charge in [0.25, 0.3) is 0 Å². The van der Waals surface area contributed by atoms with Crippen LogP contribution in [0.4, 0.5) is 0 Å². The van der Waals surface area contributed by atoms with E-state index >= 15 is 0 Å². The highest BCUT2D eigenvalue weighted by molar-refractivity contribution is 5.70. The van der Waals surface area contributed by atoms with Gasteiger partial charge in [0.1, 0.15) is 6.61 Å². The van der Waals surface area contributed by atoms with Crippen LogP contribution in [0.1, 0.15) is 226 Å². The standard InChI is InChI=1S/C63H102O5/c1-4-7-10-13-16-19-22-25-27-29-31-33-35-37-40-43-46-49-52-55-58-66-59-61(68-63(65)57-54-51-48-45-42-38-24-21-18-15-12-9-6-3)60-67-62(64)56-53-50-47-44-41-39-36-34-32-30-28-26-23-20-17-14-11-8-5-2/h7,9-10,12,16-21,25-28,31,33,37-38,40,42,48,51,61H,4-6,8,11,13-15,22-24,29-30,32,34-36,39,41,43-47,49-50,52-60H2,1-3H3/b10-7-,12-9-,19-16-,20-17-,21-18-,27-25-,28-26-,33-31-,40-37-,42-38-,51-48-. The van der Waals surface area contributed by atoms with Crippen LogP contribution in [-0.4, -0.2) is 37.9 Å². The largest absolute Gasteiger partial charge is 0.462 e. The lowest BCUT2D eigenvalue weighted by atomic mass is 10.1. The van der Waals surface area contributed by atoms with Gasteiger partial charge in [-0.15, -0.1) is 0 Å². The molecular formula is C63H102O5. The predicted molar refractivity (Wildman–Crippen MR) is 297 cm³/mol. The van der Waals surface area contributed by atoms with Crippen molar-refractivity contribution in [3.8, 4) is 0 Å². The Balaban J connectivity index is 4.40. The first kappa shape index (κ1) is 64.0. The number of carbonyl (C=O) groups excluding carboxylic acids is 2. The fourth-order valence-electron chi connectivity index (χ4n) is 7.11. The van der Waals surface area contributed by atoms with Gasteiger partial charge in [0, 0.05) is 19.4 Å². The van der Waals surface area contributed by atoms with E-state index in [-0.39, 0.29) is 31.6 Å². The van der Waals surface area contributed by atoms with Gasteiger partial charge >= 0.3 is 11.9 Å². The van der Waals surface area contributed by atoms with Gasteiger partial charge < -0.3 is 14.2 Å². The van der Waals surface area contributed by atoms with Gasteiger partial charge in [0.05, 0.1) is 6.61 Å². The lowest BCUT2D eigenvalue weighted by Gasteiger charge is -2.18. The molecule has 0 aliphatic carbocycles. The number of rotatable bonds is 49. The number of carbonyl (C=O) groups is 2. The average molecular weight is 940 g/mol. The molecule has 5 heteroatoms. The maximum Gasteiger partial charge on any atom is 0.306 e. The Hall–Kier alpha value is -3.96. The zero-order valence-electron chi connectivity index (χ0n) is 44.1. The molecule has 0 amide bonds. The minimum Gasteiger partial charge on any atom is -0.462 e. The van der Waals surface area contributed by atoms with E-state index in [4.69, 9.17) is 14.2 Å². The van der Waals surface area contributed by atoms with Gasteiger partial charge in [0.2, 0.25) is 0 Å². The first-order valence-corrected chi connectivity index (χ1v) is 27.7. The first-order valence-electron chi connectivity index (χ1n) is 27.7. The molecule has 0 saturated carbocycles. The van der Waals surface area contributed by atoms with E-state index < -0.39 is 6.10 Å². The van der Waals surface area contributed by atoms with Crippen molar-refractivity contribution < 1.29 is 23.8 Å². The summed E-state index contributed by atoms with van der Waals surface area (Å²) in [5.74, 6) is -0.518. The van der Waals surface area contributed by atoms with E-state index in [9.17, 15) is 9.59 Å². The number of hydrogen-bond acceptors (Lipinski definition) is 5. The van der Waals surface area contributed by atoms with Gasteiger partial charge in [-0.05, 0) is 122 Å². The van der Waals surface area contributed by atoms with Crippen molar-refractivity contribution in [3.05, 3.63) is 134 Å². The second kappa shape index (κ2) is 57.4. The van der Waals surface area contributed by atoms with E-state index in [2.05, 4.69) is 148 Å². The van der Waals surface area contributed by atoms with Crippen LogP contribution < -0.4 is 0 Å². The number of esters is 2. The van der Waals surface area contributed by atoms with Crippen LogP contribution >= 0.6 is 0 Å². The molecule has 0 N–H and O–H groups in total. The summed E-state index contributed by atoms with van der Waals surface area (Å²) in [5, 5.41) is 0. The Bertz CT molecular complexity index is 1430. The van der Waals surface area contributed by atoms with E-state index in [0.29, 0.717) is 19.4 Å². The first-order chi connectivity index (χ1) is 33.6. The van der Waals surface area contributed by atoms with E-state index in [0.717, 1.165) is 116 Å². The summed E-state index contributed by atoms with van der Waals surface area (Å²) in [6.07, 6.45) is 82.0. The van der Waals surface area contributed by atoms with Crippen LogP contribution in [0.25, 0.3) is 0 Å². The average Bonchev–Trinajstić information content (AvgIpc) is 3.34. The highest BCUT2D eigenvalue weighted by Crippen LogP contribution is 2.13. The van der Waals surface area contributed by atoms with Crippen molar-refractivity contribution in [2.24, 2.45) is 0 Å². The fraction of sp³-hybridized carbons (Fsp3) is 0.619. The molecule has 0 radical (unpaired) electrons. The van der Waals surface area contributed by atoms with Crippen molar-refractivity contribution in [1.82, 2.24) is 0 Å². The van der Waals surface area contributed by atoms with Crippen molar-refractivity contribution in [2.45, 2.75) is 232 Å². The lowest BCUT2D eigenvalue weighted by Crippen LogP contribution is -2.30. The minimum absolute atomic E-state index is 0.0355. The summed E-state index contributed by atoms with van der Waals surface area (Å²) in [6, 6.07) is 0. The highest BCUT2D eigenvalue weighted by Gasteiger charge is 2.17. The maximum absolute atomic E-state index is 12.8. The molecular weight excluding hydrogens is 837 g/mol. The smallest absolute Gasteiger partial charge is 0.306 e. The number of unbranched alkanes of at least 4 members (excludes halogenated alkanes) is 16. The summed E-state index contributed by atoms with van der Waals surface area (Å²) >= 11 is 0. The van der Waals surface area contributed by atoms with Crippen LogP contribution in [-0.2, 0) is 23.8 Å². The maximum atomic E-state index is 12.8. The number of allylic oxidation sites excluding steroid dienone is 22. The molecule has 0 bridgehead atoms. The third kappa shape index (κ3) is 54.6. The van der Waals surface area contributed by atoms with Crippen molar-refractivity contribution in [3.63, 3.8) is 0 Å². The van der Waals surface area contributed by atoms with Crippen LogP contribution in [0.2, 0.25) is 0 Å². The van der Waals surface area contributed by atoms with Crippen molar-refractivity contribution >= 4 is 11.9 Å². The van der Waals surface area contributed by atoms with E-state index in [1.54, 1.807) is 0 Å². The van der Waals surface area contributed by atoms with Gasteiger partial charge in [-0.3, -0.25) is 9.59 Å². The van der Waals surface area contributed by atoms with Gasteiger partial charge in [-0.25, -0.2) is 0 Å². The van der Waals surface area contributed by atoms with Gasteiger partial charge in [-0.2, -0.15) is 0 Å². The van der Waals surface area contributed by atoms with Gasteiger partial charge in [-0.1, -0.05) is 225 Å². The van der Waals surface area contributed by atoms with Gasteiger partial charge in [0.15, 0.2) is 6.10 Å². The molecule has 0 heterocycles. The Morgan fingerprint density at radius 2 is 0.691 bits per heavy atom. The monoisotopic (exact) mass is 939 g/mol. The molecule has 0 aromatic heterocycles. The van der Waals surface area contributed by atoms with Crippen LogP contribution in [0, 0.1) is 0 Å². The molecule has 0 spiro atoms. The SMILES string of the molecule is CC/C=C\C/C=C\C/C=C\C/C=C\C/C=C\CCCCCCOCC(COC(=O)CCCCCCCCCCC/C=C\C/C=C\CCCCC)OC(=O)CC/C=C\C/C=C\C/C=C\C/C=C\CC. The van der Waals surface area contributed by atoms with Crippen molar-refractivity contribution in [2.75, 3.05) is 19.8 Å².